The molecule has 0 bridgehead atoms. The van der Waals surface area contributed by atoms with Crippen LogP contribution in [0.3, 0.4) is 0 Å². The number of esters is 2. The first-order valence-electron chi connectivity index (χ1n) is 18.7. The van der Waals surface area contributed by atoms with Crippen LogP contribution in [-0.2, 0) is 42.2 Å². The first kappa shape index (κ1) is 37.5. The van der Waals surface area contributed by atoms with Crippen LogP contribution in [-0.4, -0.2) is 62.2 Å². The Morgan fingerprint density at radius 3 is 2.24 bits per heavy atom. The van der Waals surface area contributed by atoms with Crippen molar-refractivity contribution in [1.82, 2.24) is 5.32 Å². The molecule has 8 nitrogen and oxygen atoms in total. The maximum atomic E-state index is 12.7. The molecule has 1 saturated heterocycles. The Bertz CT molecular complexity index is 1560. The van der Waals surface area contributed by atoms with E-state index >= 15 is 0 Å². The van der Waals surface area contributed by atoms with Gasteiger partial charge in [-0.3, -0.25) is 4.79 Å². The van der Waals surface area contributed by atoms with Gasteiger partial charge in [-0.05, 0) is 135 Å². The molecule has 3 atom stereocenters. The Labute approximate surface area is 297 Å². The Balaban J connectivity index is 1.17. The number of nitrogens with one attached hydrogen (secondary N) is 1. The number of hydrogen-bond acceptors (Lipinski definition) is 8. The van der Waals surface area contributed by atoms with Crippen molar-refractivity contribution in [2.45, 2.75) is 108 Å². The monoisotopic (exact) mass is 685 g/mol. The summed E-state index contributed by atoms with van der Waals surface area (Å²) in [4.78, 5) is 22.0. The first-order valence-corrected chi connectivity index (χ1v) is 18.7. The summed E-state index contributed by atoms with van der Waals surface area (Å²) < 4.78 is 22.4. The number of aryl methyl sites for hydroxylation is 1. The largest absolute Gasteiger partial charge is 0.494 e. The van der Waals surface area contributed by atoms with Gasteiger partial charge in [-0.15, -0.1) is 0 Å². The van der Waals surface area contributed by atoms with Crippen LogP contribution in [0.5, 0.6) is 5.75 Å². The molecule has 2 aliphatic rings. The van der Waals surface area contributed by atoms with Gasteiger partial charge in [0.05, 0.1) is 25.9 Å². The summed E-state index contributed by atoms with van der Waals surface area (Å²) in [7, 11) is 0. The van der Waals surface area contributed by atoms with Crippen molar-refractivity contribution in [3.63, 3.8) is 0 Å². The van der Waals surface area contributed by atoms with Crippen molar-refractivity contribution in [2.24, 2.45) is 0 Å². The van der Waals surface area contributed by atoms with E-state index in [0.717, 1.165) is 124 Å². The molecule has 0 aromatic heterocycles. The van der Waals surface area contributed by atoms with Crippen molar-refractivity contribution in [1.29, 1.82) is 0 Å². The van der Waals surface area contributed by atoms with Crippen LogP contribution in [0.1, 0.15) is 99.8 Å². The highest BCUT2D eigenvalue weighted by molar-refractivity contribution is 5.85. The van der Waals surface area contributed by atoms with Crippen molar-refractivity contribution in [3.8, 4) is 5.75 Å². The fraction of sp³-hybridized carbons (Fsp3) is 0.524. The third kappa shape index (κ3) is 10.4. The van der Waals surface area contributed by atoms with Gasteiger partial charge >= 0.3 is 11.9 Å². The summed E-state index contributed by atoms with van der Waals surface area (Å²) in [5, 5.41) is 18.4. The molecule has 1 heterocycles. The van der Waals surface area contributed by atoms with Gasteiger partial charge in [0.25, 0.3) is 0 Å². The SMILES string of the molecule is C=CC(=O)OCCCCCCOC1CCc2cc(C(O)(c3ccc4cc(OCCCCCCOC(C)=O)ccc4c3)[C@@H]3CCCN3)ccc2C1. The molecule has 3 aromatic rings. The molecule has 0 saturated carbocycles. The first-order chi connectivity index (χ1) is 24.4. The Morgan fingerprint density at radius 2 is 1.50 bits per heavy atom. The van der Waals surface area contributed by atoms with Gasteiger partial charge in [0, 0.05) is 25.6 Å². The fourth-order valence-corrected chi connectivity index (χ4v) is 7.26. The lowest BCUT2D eigenvalue weighted by atomic mass is 9.76. The second-order valence-corrected chi connectivity index (χ2v) is 13.7. The molecular formula is C42H55NO7. The molecule has 1 aliphatic carbocycles. The van der Waals surface area contributed by atoms with E-state index < -0.39 is 5.60 Å². The summed E-state index contributed by atoms with van der Waals surface area (Å²) >= 11 is 0. The number of fused-ring (bicyclic) bond motifs is 2. The predicted molar refractivity (Wildman–Crippen MR) is 196 cm³/mol. The number of carbonyl (C=O) groups excluding carboxylic acids is 2. The van der Waals surface area contributed by atoms with Crippen molar-refractivity contribution in [2.75, 3.05) is 33.0 Å². The van der Waals surface area contributed by atoms with Crippen LogP contribution in [0.2, 0.25) is 0 Å². The third-order valence-corrected chi connectivity index (χ3v) is 10.1. The summed E-state index contributed by atoms with van der Waals surface area (Å²) in [6.07, 6.45) is 14.0. The number of rotatable bonds is 20. The average molecular weight is 686 g/mol. The number of carbonyl (C=O) groups is 2. The molecule has 8 heteroatoms. The Morgan fingerprint density at radius 1 is 0.820 bits per heavy atom. The van der Waals surface area contributed by atoms with E-state index in [1.54, 1.807) is 0 Å². The summed E-state index contributed by atoms with van der Waals surface area (Å²) in [6.45, 7) is 8.08. The molecule has 2 unspecified atom stereocenters. The predicted octanol–water partition coefficient (Wildman–Crippen LogP) is 7.49. The van der Waals surface area contributed by atoms with Crippen LogP contribution >= 0.6 is 0 Å². The average Bonchev–Trinajstić information content (AvgIpc) is 3.68. The lowest BCUT2D eigenvalue weighted by Crippen LogP contribution is -2.46. The normalized spacial score (nSPS) is 18.3. The maximum absolute atomic E-state index is 12.7. The van der Waals surface area contributed by atoms with E-state index in [-0.39, 0.29) is 24.1 Å². The summed E-state index contributed by atoms with van der Waals surface area (Å²) in [5.74, 6) is 0.263. The topological polar surface area (TPSA) is 103 Å². The molecule has 0 amide bonds. The number of benzene rings is 3. The van der Waals surface area contributed by atoms with Crippen LogP contribution in [0.15, 0.2) is 67.3 Å². The highest BCUT2D eigenvalue weighted by atomic mass is 16.5. The highest BCUT2D eigenvalue weighted by Gasteiger charge is 2.42. The van der Waals surface area contributed by atoms with Gasteiger partial charge in [0.15, 0.2) is 0 Å². The van der Waals surface area contributed by atoms with Gasteiger partial charge in [-0.2, -0.15) is 0 Å². The van der Waals surface area contributed by atoms with E-state index in [9.17, 15) is 14.7 Å². The zero-order valence-electron chi connectivity index (χ0n) is 29.8. The lowest BCUT2D eigenvalue weighted by molar-refractivity contribution is -0.141. The molecule has 0 radical (unpaired) electrons. The van der Waals surface area contributed by atoms with E-state index in [1.807, 2.05) is 6.07 Å². The number of ether oxygens (including phenoxy) is 4. The van der Waals surface area contributed by atoms with Crippen LogP contribution in [0.25, 0.3) is 10.8 Å². The second kappa shape index (κ2) is 19.0. The lowest BCUT2D eigenvalue weighted by Gasteiger charge is -2.37. The minimum Gasteiger partial charge on any atom is -0.494 e. The van der Waals surface area contributed by atoms with Crippen molar-refractivity contribution >= 4 is 22.7 Å². The van der Waals surface area contributed by atoms with Gasteiger partial charge in [-0.1, -0.05) is 49.4 Å². The maximum Gasteiger partial charge on any atom is 0.330 e. The molecule has 1 aliphatic heterocycles. The van der Waals surface area contributed by atoms with Gasteiger partial charge in [-0.25, -0.2) is 4.79 Å². The van der Waals surface area contributed by atoms with Gasteiger partial charge in [0.2, 0.25) is 0 Å². The van der Waals surface area contributed by atoms with Crippen LogP contribution in [0, 0.1) is 0 Å². The van der Waals surface area contributed by atoms with Crippen molar-refractivity contribution in [3.05, 3.63) is 89.5 Å². The molecule has 2 N–H and O–H groups in total. The summed E-state index contributed by atoms with van der Waals surface area (Å²) in [5.41, 5.74) is 3.31. The molecule has 0 spiro atoms. The van der Waals surface area contributed by atoms with Crippen LogP contribution < -0.4 is 10.1 Å². The number of hydrogen-bond donors (Lipinski definition) is 2. The quantitative estimate of drug-likeness (QED) is 0.0717. The van der Waals surface area contributed by atoms with E-state index in [0.29, 0.717) is 19.8 Å². The highest BCUT2D eigenvalue weighted by Crippen LogP contribution is 2.40. The van der Waals surface area contributed by atoms with E-state index in [4.69, 9.17) is 18.9 Å². The Kier molecular flexibility index (Phi) is 14.3. The number of aliphatic hydroxyl groups is 1. The van der Waals surface area contributed by atoms with Gasteiger partial charge in [0.1, 0.15) is 11.4 Å². The minimum absolute atomic E-state index is 0.0664. The number of unbranched alkanes of at least 4 members (excludes halogenated alkanes) is 6. The molecule has 50 heavy (non-hydrogen) atoms. The molecular weight excluding hydrogens is 630 g/mol. The summed E-state index contributed by atoms with van der Waals surface area (Å²) in [6, 6.07) is 19.0. The van der Waals surface area contributed by atoms with Crippen molar-refractivity contribution < 1.29 is 33.6 Å². The van der Waals surface area contributed by atoms with Gasteiger partial charge < -0.3 is 29.4 Å². The zero-order chi connectivity index (χ0) is 35.2. The fourth-order valence-electron chi connectivity index (χ4n) is 7.26. The molecule has 3 aromatic carbocycles. The van der Waals surface area contributed by atoms with Crippen LogP contribution in [0.4, 0.5) is 0 Å². The standard InChI is InChI=1S/C42H55NO7/c1-3-41(45)50-26-11-7-6-10-25-49-39-21-17-33-28-37(19-15-35(33)30-39)42(46,40-13-12-22-43-40)36-18-14-34-29-38(20-16-32(34)27-36)48-24-9-5-4-8-23-47-31(2)44/h3,14-16,18-20,27-29,39-40,43,46H,1,4-13,17,21-26,30H2,2H3/t39?,40-,42?/m0/s1. The van der Waals surface area contributed by atoms with E-state index in [1.165, 1.54) is 24.1 Å². The molecule has 5 rings (SSSR count). The smallest absolute Gasteiger partial charge is 0.330 e. The Hall–Kier alpha value is -3.72. The van der Waals surface area contributed by atoms with E-state index in [2.05, 4.69) is 60.4 Å². The zero-order valence-corrected chi connectivity index (χ0v) is 29.8. The molecule has 270 valence electrons. The second-order valence-electron chi connectivity index (χ2n) is 13.7. The minimum atomic E-state index is -1.15. The molecule has 1 fully saturated rings. The third-order valence-electron chi connectivity index (χ3n) is 10.1.